The molecule has 0 bridgehead atoms. The summed E-state index contributed by atoms with van der Waals surface area (Å²) < 4.78 is 12.0. The number of ether oxygens (including phenoxy) is 2. The van der Waals surface area contributed by atoms with E-state index in [0.29, 0.717) is 18.8 Å². The van der Waals surface area contributed by atoms with Crippen LogP contribution >= 0.6 is 12.4 Å². The molecule has 0 aromatic rings. The first-order chi connectivity index (χ1) is 11.2. The van der Waals surface area contributed by atoms with Crippen molar-refractivity contribution >= 4 is 18.3 Å². The molecule has 3 rings (SSSR count). The number of carbonyl (C=O) groups excluding carboxylic acids is 1. The molecule has 3 fully saturated rings. The van der Waals surface area contributed by atoms with Gasteiger partial charge in [0, 0.05) is 19.6 Å². The van der Waals surface area contributed by atoms with E-state index < -0.39 is 0 Å². The molecule has 5 nitrogen and oxygen atoms in total. The van der Waals surface area contributed by atoms with Gasteiger partial charge >= 0.3 is 0 Å². The molecule has 2 saturated heterocycles. The highest BCUT2D eigenvalue weighted by Crippen LogP contribution is 2.29. The Morgan fingerprint density at radius 2 is 1.67 bits per heavy atom. The van der Waals surface area contributed by atoms with Gasteiger partial charge in [-0.05, 0) is 57.3 Å². The van der Waals surface area contributed by atoms with Crippen LogP contribution in [0.3, 0.4) is 0 Å². The Balaban J connectivity index is 0.00000208. The van der Waals surface area contributed by atoms with Crippen molar-refractivity contribution in [2.24, 2.45) is 11.7 Å². The molecule has 2 heterocycles. The van der Waals surface area contributed by atoms with Crippen molar-refractivity contribution in [3.8, 4) is 0 Å². The fourth-order valence-electron chi connectivity index (χ4n) is 4.11. The summed E-state index contributed by atoms with van der Waals surface area (Å²) in [5, 5.41) is 0. The lowest BCUT2D eigenvalue weighted by molar-refractivity contribution is -0.146. The third-order valence-corrected chi connectivity index (χ3v) is 5.75. The number of hydrogen-bond donors (Lipinski definition) is 1. The third kappa shape index (κ3) is 5.07. The van der Waals surface area contributed by atoms with Crippen LogP contribution in [0.15, 0.2) is 0 Å². The number of likely N-dealkylation sites (tertiary alicyclic amines) is 1. The molecule has 6 heteroatoms. The maximum atomic E-state index is 12.5. The first-order valence-electron chi connectivity index (χ1n) is 9.45. The van der Waals surface area contributed by atoms with Crippen molar-refractivity contribution in [3.63, 3.8) is 0 Å². The van der Waals surface area contributed by atoms with E-state index in [1.54, 1.807) is 0 Å². The maximum Gasteiger partial charge on any atom is 0.251 e. The zero-order valence-corrected chi connectivity index (χ0v) is 15.6. The number of halogens is 1. The van der Waals surface area contributed by atoms with Crippen LogP contribution in [-0.2, 0) is 14.3 Å². The number of carbonyl (C=O) groups is 1. The van der Waals surface area contributed by atoms with E-state index in [4.69, 9.17) is 15.2 Å². The van der Waals surface area contributed by atoms with Crippen LogP contribution in [0.25, 0.3) is 0 Å². The molecule has 0 unspecified atom stereocenters. The fourth-order valence-corrected chi connectivity index (χ4v) is 4.11. The predicted molar refractivity (Wildman–Crippen MR) is 96.3 cm³/mol. The second kappa shape index (κ2) is 9.37. The number of rotatable bonds is 4. The first kappa shape index (κ1) is 20.0. The third-order valence-electron chi connectivity index (χ3n) is 5.75. The lowest BCUT2D eigenvalue weighted by atomic mass is 9.88. The van der Waals surface area contributed by atoms with Crippen molar-refractivity contribution in [1.82, 2.24) is 4.90 Å². The van der Waals surface area contributed by atoms with Gasteiger partial charge in [-0.1, -0.05) is 6.92 Å². The van der Waals surface area contributed by atoms with E-state index in [1.165, 1.54) is 25.7 Å². The van der Waals surface area contributed by atoms with E-state index in [0.717, 1.165) is 44.7 Å². The Kier molecular flexibility index (Phi) is 7.79. The average Bonchev–Trinajstić information content (AvgIpc) is 3.06. The van der Waals surface area contributed by atoms with Gasteiger partial charge in [-0.3, -0.25) is 4.79 Å². The molecular weight excluding hydrogens is 328 g/mol. The SMILES string of the molecule is CC1CCC(OC2CCN(C(=O)[C@@H]3CC[C@H](CN)O3)CC2)CC1.Cl. The Morgan fingerprint density at radius 1 is 1.04 bits per heavy atom. The largest absolute Gasteiger partial charge is 0.375 e. The molecule has 0 aromatic carbocycles. The fraction of sp³-hybridized carbons (Fsp3) is 0.944. The second-order valence-electron chi connectivity index (χ2n) is 7.60. The molecule has 1 aliphatic carbocycles. The maximum absolute atomic E-state index is 12.5. The summed E-state index contributed by atoms with van der Waals surface area (Å²) in [5.74, 6) is 1.02. The minimum absolute atomic E-state index is 0. The first-order valence-corrected chi connectivity index (χ1v) is 9.45. The lowest BCUT2D eigenvalue weighted by Crippen LogP contribution is -2.46. The molecule has 0 radical (unpaired) electrons. The summed E-state index contributed by atoms with van der Waals surface area (Å²) in [5.41, 5.74) is 5.62. The monoisotopic (exact) mass is 360 g/mol. The predicted octanol–water partition coefficient (Wildman–Crippen LogP) is 2.50. The van der Waals surface area contributed by atoms with E-state index in [-0.39, 0.29) is 30.5 Å². The van der Waals surface area contributed by atoms with E-state index in [2.05, 4.69) is 6.92 Å². The topological polar surface area (TPSA) is 64.8 Å². The molecule has 2 aliphatic heterocycles. The van der Waals surface area contributed by atoms with Crippen molar-refractivity contribution in [2.45, 2.75) is 82.7 Å². The summed E-state index contributed by atoms with van der Waals surface area (Å²) in [6.45, 7) is 4.46. The smallest absolute Gasteiger partial charge is 0.251 e. The molecule has 1 amide bonds. The van der Waals surface area contributed by atoms with Gasteiger partial charge in [0.15, 0.2) is 0 Å². The zero-order valence-electron chi connectivity index (χ0n) is 14.8. The molecule has 0 aromatic heterocycles. The molecule has 24 heavy (non-hydrogen) atoms. The Morgan fingerprint density at radius 3 is 2.25 bits per heavy atom. The minimum Gasteiger partial charge on any atom is -0.375 e. The molecule has 140 valence electrons. The van der Waals surface area contributed by atoms with Crippen LogP contribution in [0.4, 0.5) is 0 Å². The van der Waals surface area contributed by atoms with Crippen molar-refractivity contribution in [1.29, 1.82) is 0 Å². The molecule has 3 aliphatic rings. The summed E-state index contributed by atoms with van der Waals surface area (Å²) in [6, 6.07) is 0. The van der Waals surface area contributed by atoms with Gasteiger partial charge in [-0.25, -0.2) is 0 Å². The molecule has 2 atom stereocenters. The molecule has 0 spiro atoms. The van der Waals surface area contributed by atoms with Gasteiger partial charge in [-0.2, -0.15) is 0 Å². The quantitative estimate of drug-likeness (QED) is 0.836. The standard InChI is InChI=1S/C18H32N2O3.ClH/c1-13-2-4-14(5-3-13)22-15-8-10-20(11-9-15)18(21)17-7-6-16(12-19)23-17;/h13-17H,2-12,19H2,1H3;1H/t13?,14?,16-,17+;/m1./s1. The number of nitrogens with two attached hydrogens (primary N) is 1. The second-order valence-corrected chi connectivity index (χ2v) is 7.60. The Labute approximate surface area is 152 Å². The highest BCUT2D eigenvalue weighted by atomic mass is 35.5. The van der Waals surface area contributed by atoms with E-state index in [9.17, 15) is 4.79 Å². The van der Waals surface area contributed by atoms with Gasteiger partial charge in [0.1, 0.15) is 6.10 Å². The summed E-state index contributed by atoms with van der Waals surface area (Å²) in [4.78, 5) is 14.5. The van der Waals surface area contributed by atoms with Crippen LogP contribution in [-0.4, -0.2) is 54.9 Å². The van der Waals surface area contributed by atoms with Crippen LogP contribution in [0, 0.1) is 5.92 Å². The molecule has 2 N–H and O–H groups in total. The zero-order chi connectivity index (χ0) is 16.2. The van der Waals surface area contributed by atoms with E-state index >= 15 is 0 Å². The van der Waals surface area contributed by atoms with Crippen molar-refractivity contribution < 1.29 is 14.3 Å². The van der Waals surface area contributed by atoms with Crippen molar-refractivity contribution in [2.75, 3.05) is 19.6 Å². The number of piperidine rings is 1. The van der Waals surface area contributed by atoms with Crippen molar-refractivity contribution in [3.05, 3.63) is 0 Å². The average molecular weight is 361 g/mol. The van der Waals surface area contributed by atoms with Gasteiger partial charge < -0.3 is 20.1 Å². The summed E-state index contributed by atoms with van der Waals surface area (Å²) in [7, 11) is 0. The van der Waals surface area contributed by atoms with Gasteiger partial charge in [0.05, 0.1) is 18.3 Å². The Hall–Kier alpha value is -0.360. The van der Waals surface area contributed by atoms with Crippen LogP contribution < -0.4 is 5.73 Å². The molecular formula is C18H33ClN2O3. The highest BCUT2D eigenvalue weighted by Gasteiger charge is 2.35. The van der Waals surface area contributed by atoms with Crippen LogP contribution in [0.2, 0.25) is 0 Å². The summed E-state index contributed by atoms with van der Waals surface area (Å²) >= 11 is 0. The van der Waals surface area contributed by atoms with Gasteiger partial charge in [0.2, 0.25) is 0 Å². The van der Waals surface area contributed by atoms with Gasteiger partial charge in [0.25, 0.3) is 5.91 Å². The number of amides is 1. The van der Waals surface area contributed by atoms with Gasteiger partial charge in [-0.15, -0.1) is 12.4 Å². The Bertz CT molecular complexity index is 394. The number of hydrogen-bond acceptors (Lipinski definition) is 4. The lowest BCUT2D eigenvalue weighted by Gasteiger charge is -2.36. The summed E-state index contributed by atoms with van der Waals surface area (Å²) in [6.07, 6.45) is 9.24. The van der Waals surface area contributed by atoms with E-state index in [1.807, 2.05) is 4.90 Å². The van der Waals surface area contributed by atoms with Crippen LogP contribution in [0.5, 0.6) is 0 Å². The normalized spacial score (nSPS) is 34.8. The minimum atomic E-state index is -0.263. The number of nitrogens with zero attached hydrogens (tertiary/aromatic N) is 1. The molecule has 1 saturated carbocycles. The highest BCUT2D eigenvalue weighted by molar-refractivity contribution is 5.85. The van der Waals surface area contributed by atoms with Crippen LogP contribution in [0.1, 0.15) is 58.3 Å².